The average Bonchev–Trinajstić information content (AvgIpc) is 2.44. The Morgan fingerprint density at radius 1 is 1.35 bits per heavy atom. The van der Waals surface area contributed by atoms with Crippen LogP contribution in [-0.4, -0.2) is 22.7 Å². The van der Waals surface area contributed by atoms with E-state index in [1.165, 1.54) is 0 Å². The van der Waals surface area contributed by atoms with E-state index >= 15 is 0 Å². The number of imide groups is 1. The number of hydrazine groups is 1. The van der Waals surface area contributed by atoms with E-state index < -0.39 is 0 Å². The van der Waals surface area contributed by atoms with Gasteiger partial charge in [-0.1, -0.05) is 27.7 Å². The van der Waals surface area contributed by atoms with Crippen molar-refractivity contribution in [2.45, 2.75) is 40.5 Å². The molecule has 1 unspecified atom stereocenters. The van der Waals surface area contributed by atoms with Gasteiger partial charge in [0.05, 0.1) is 5.92 Å². The summed E-state index contributed by atoms with van der Waals surface area (Å²) in [4.78, 5) is 35.0. The van der Waals surface area contributed by atoms with Crippen LogP contribution in [0.25, 0.3) is 0 Å². The van der Waals surface area contributed by atoms with Crippen molar-refractivity contribution in [3.8, 4) is 0 Å². The maximum atomic E-state index is 11.9. The molecule has 0 spiro atoms. The zero-order chi connectivity index (χ0) is 13.2. The largest absolute Gasteiger partial charge is 0.273 e. The van der Waals surface area contributed by atoms with Crippen molar-refractivity contribution in [3.63, 3.8) is 0 Å². The van der Waals surface area contributed by atoms with Gasteiger partial charge in [-0.2, -0.15) is 5.01 Å². The van der Waals surface area contributed by atoms with Crippen molar-refractivity contribution in [3.05, 3.63) is 0 Å². The predicted octanol–water partition coefficient (Wildman–Crippen LogP) is 1.09. The first kappa shape index (κ1) is 13.7. The van der Waals surface area contributed by atoms with Gasteiger partial charge in [0.2, 0.25) is 11.8 Å². The van der Waals surface area contributed by atoms with Crippen molar-refractivity contribution >= 4 is 17.7 Å². The Hall–Kier alpha value is -1.39. The molecule has 5 nitrogen and oxygen atoms in total. The van der Waals surface area contributed by atoms with E-state index in [-0.39, 0.29) is 41.9 Å². The van der Waals surface area contributed by atoms with Gasteiger partial charge in [0.25, 0.3) is 5.91 Å². The second-order valence-corrected chi connectivity index (χ2v) is 5.25. The summed E-state index contributed by atoms with van der Waals surface area (Å²) in [5.74, 6) is -0.886. The zero-order valence-electron chi connectivity index (χ0n) is 10.8. The van der Waals surface area contributed by atoms with Gasteiger partial charge in [0, 0.05) is 12.8 Å². The standard InChI is InChI=1S/C12H20N2O3/c1-7(2)5-10(15)13-14-11(16)6-9(8(3)4)12(14)17/h7-9H,5-6H2,1-4H3,(H,13,15). The molecule has 3 amide bonds. The van der Waals surface area contributed by atoms with Crippen LogP contribution in [0.5, 0.6) is 0 Å². The average molecular weight is 240 g/mol. The normalized spacial score (nSPS) is 20.6. The number of amides is 3. The molecule has 0 bridgehead atoms. The zero-order valence-corrected chi connectivity index (χ0v) is 10.8. The molecule has 0 aromatic rings. The highest BCUT2D eigenvalue weighted by Gasteiger charge is 2.41. The van der Waals surface area contributed by atoms with Crippen molar-refractivity contribution < 1.29 is 14.4 Å². The predicted molar refractivity (Wildman–Crippen MR) is 62.4 cm³/mol. The molecule has 1 fully saturated rings. The van der Waals surface area contributed by atoms with Crippen LogP contribution in [0.2, 0.25) is 0 Å². The SMILES string of the molecule is CC(C)CC(=O)NN1C(=O)CC(C(C)C)C1=O. The Morgan fingerprint density at radius 3 is 2.35 bits per heavy atom. The van der Waals surface area contributed by atoms with Gasteiger partial charge in [-0.05, 0) is 11.8 Å². The van der Waals surface area contributed by atoms with Crippen LogP contribution in [0.15, 0.2) is 0 Å². The number of hydrogen-bond acceptors (Lipinski definition) is 3. The van der Waals surface area contributed by atoms with Crippen LogP contribution >= 0.6 is 0 Å². The highest BCUT2D eigenvalue weighted by molar-refractivity contribution is 6.04. The topological polar surface area (TPSA) is 66.5 Å². The molecule has 1 rings (SSSR count). The van der Waals surface area contributed by atoms with E-state index in [2.05, 4.69) is 5.43 Å². The maximum absolute atomic E-state index is 11.9. The van der Waals surface area contributed by atoms with Crippen molar-refractivity contribution in [2.75, 3.05) is 0 Å². The molecule has 5 heteroatoms. The van der Waals surface area contributed by atoms with E-state index in [1.54, 1.807) is 0 Å². The Labute approximate surface area is 102 Å². The monoisotopic (exact) mass is 240 g/mol. The minimum absolute atomic E-state index is 0.110. The summed E-state index contributed by atoms with van der Waals surface area (Å²) >= 11 is 0. The lowest BCUT2D eigenvalue weighted by atomic mass is 9.95. The molecule has 1 heterocycles. The molecule has 0 radical (unpaired) electrons. The van der Waals surface area contributed by atoms with Gasteiger partial charge in [-0.25, -0.2) is 0 Å². The number of nitrogens with one attached hydrogen (secondary N) is 1. The fraction of sp³-hybridized carbons (Fsp3) is 0.750. The summed E-state index contributed by atoms with van der Waals surface area (Å²) in [6, 6.07) is 0. The van der Waals surface area contributed by atoms with Crippen molar-refractivity contribution in [2.24, 2.45) is 17.8 Å². The minimum atomic E-state index is -0.314. The van der Waals surface area contributed by atoms with Crippen molar-refractivity contribution in [1.82, 2.24) is 10.4 Å². The van der Waals surface area contributed by atoms with Gasteiger partial charge in [0.15, 0.2) is 0 Å². The third-order valence-corrected chi connectivity index (χ3v) is 2.82. The van der Waals surface area contributed by atoms with Crippen LogP contribution in [0, 0.1) is 17.8 Å². The molecule has 1 aliphatic heterocycles. The molecule has 1 N–H and O–H groups in total. The fourth-order valence-electron chi connectivity index (χ4n) is 1.83. The van der Waals surface area contributed by atoms with Gasteiger partial charge in [0.1, 0.15) is 0 Å². The molecular weight excluding hydrogens is 220 g/mol. The summed E-state index contributed by atoms with van der Waals surface area (Å²) in [5.41, 5.74) is 2.39. The van der Waals surface area contributed by atoms with E-state index in [0.29, 0.717) is 6.42 Å². The van der Waals surface area contributed by atoms with Gasteiger partial charge < -0.3 is 0 Å². The number of carbonyl (C=O) groups is 3. The number of carbonyl (C=O) groups excluding carboxylic acids is 3. The molecule has 1 atom stereocenters. The van der Waals surface area contributed by atoms with Crippen LogP contribution in [0.1, 0.15) is 40.5 Å². The van der Waals surface area contributed by atoms with Crippen LogP contribution in [0.3, 0.4) is 0 Å². The first-order valence-electron chi connectivity index (χ1n) is 5.99. The third-order valence-electron chi connectivity index (χ3n) is 2.82. The molecule has 0 aliphatic carbocycles. The van der Waals surface area contributed by atoms with Crippen molar-refractivity contribution in [1.29, 1.82) is 0 Å². The van der Waals surface area contributed by atoms with Gasteiger partial charge in [-0.15, -0.1) is 0 Å². The molecule has 1 aliphatic rings. The van der Waals surface area contributed by atoms with Crippen LogP contribution in [0.4, 0.5) is 0 Å². The summed E-state index contributed by atoms with van der Waals surface area (Å²) in [7, 11) is 0. The number of nitrogens with zero attached hydrogens (tertiary/aromatic N) is 1. The highest BCUT2D eigenvalue weighted by atomic mass is 16.2. The molecule has 0 saturated carbocycles. The second kappa shape index (κ2) is 5.29. The minimum Gasteiger partial charge on any atom is -0.273 e. The van der Waals surface area contributed by atoms with E-state index in [0.717, 1.165) is 5.01 Å². The van der Waals surface area contributed by atoms with Crippen LogP contribution in [-0.2, 0) is 14.4 Å². The van der Waals surface area contributed by atoms with Gasteiger partial charge >= 0.3 is 0 Å². The lowest BCUT2D eigenvalue weighted by Gasteiger charge is -2.17. The Morgan fingerprint density at radius 2 is 1.94 bits per heavy atom. The highest BCUT2D eigenvalue weighted by Crippen LogP contribution is 2.25. The molecule has 17 heavy (non-hydrogen) atoms. The molecular formula is C12H20N2O3. The number of rotatable bonds is 4. The first-order chi connectivity index (χ1) is 7.82. The lowest BCUT2D eigenvalue weighted by Crippen LogP contribution is -2.46. The smallest absolute Gasteiger partial charge is 0.252 e. The van der Waals surface area contributed by atoms with Gasteiger partial charge in [-0.3, -0.25) is 19.8 Å². The summed E-state index contributed by atoms with van der Waals surface area (Å²) in [6.45, 7) is 7.61. The molecule has 1 saturated heterocycles. The Balaban J connectivity index is 2.63. The summed E-state index contributed by atoms with van der Waals surface area (Å²) in [5, 5.41) is 0.884. The number of hydrogen-bond donors (Lipinski definition) is 1. The maximum Gasteiger partial charge on any atom is 0.252 e. The third kappa shape index (κ3) is 3.28. The quantitative estimate of drug-likeness (QED) is 0.748. The Kier molecular flexibility index (Phi) is 4.26. The lowest BCUT2D eigenvalue weighted by molar-refractivity contribution is -0.149. The van der Waals surface area contributed by atoms with E-state index in [4.69, 9.17) is 0 Å². The molecule has 0 aromatic heterocycles. The second-order valence-electron chi connectivity index (χ2n) is 5.25. The fourth-order valence-corrected chi connectivity index (χ4v) is 1.83. The summed E-state index contributed by atoms with van der Waals surface area (Å²) in [6.07, 6.45) is 0.502. The van der Waals surface area contributed by atoms with E-state index in [9.17, 15) is 14.4 Å². The Bertz CT molecular complexity index is 337. The summed E-state index contributed by atoms with van der Waals surface area (Å²) < 4.78 is 0. The first-order valence-corrected chi connectivity index (χ1v) is 5.99. The van der Waals surface area contributed by atoms with Crippen LogP contribution < -0.4 is 5.43 Å². The molecule has 0 aromatic carbocycles. The molecule has 96 valence electrons. The van der Waals surface area contributed by atoms with E-state index in [1.807, 2.05) is 27.7 Å².